The smallest absolute Gasteiger partial charge is 0.312 e. The zero-order valence-electron chi connectivity index (χ0n) is 15.5. The minimum atomic E-state index is -0.486. The van der Waals surface area contributed by atoms with E-state index in [9.17, 15) is 4.79 Å². The van der Waals surface area contributed by atoms with Gasteiger partial charge >= 0.3 is 5.97 Å². The summed E-state index contributed by atoms with van der Waals surface area (Å²) in [5, 5.41) is 0. The first-order valence-electron chi connectivity index (χ1n) is 8.25. The molecule has 0 aromatic heterocycles. The Labute approximate surface area is 136 Å². The summed E-state index contributed by atoms with van der Waals surface area (Å²) in [5.41, 5.74) is 1.63. The third-order valence-corrected chi connectivity index (χ3v) is 4.75. The molecular formula is C20H32O2. The van der Waals surface area contributed by atoms with E-state index in [0.29, 0.717) is 5.92 Å². The first kappa shape index (κ1) is 18.7. The highest BCUT2D eigenvalue weighted by Gasteiger charge is 2.46. The van der Waals surface area contributed by atoms with Gasteiger partial charge in [-0.3, -0.25) is 4.79 Å². The number of hydrogen-bond donors (Lipinski definition) is 0. The molecule has 0 saturated heterocycles. The fourth-order valence-electron chi connectivity index (χ4n) is 2.71. The lowest BCUT2D eigenvalue weighted by Gasteiger charge is -2.41. The number of aryl methyl sites for hydroxylation is 1. The van der Waals surface area contributed by atoms with Crippen LogP contribution in [0.15, 0.2) is 24.3 Å². The molecule has 0 aliphatic carbocycles. The molecule has 0 bridgehead atoms. The van der Waals surface area contributed by atoms with Crippen molar-refractivity contribution >= 4 is 5.97 Å². The highest BCUT2D eigenvalue weighted by atomic mass is 16.5. The van der Waals surface area contributed by atoms with Crippen molar-refractivity contribution in [2.75, 3.05) is 0 Å². The minimum absolute atomic E-state index is 0.0956. The molecule has 1 aromatic carbocycles. The number of benzene rings is 1. The topological polar surface area (TPSA) is 26.3 Å². The Morgan fingerprint density at radius 2 is 1.55 bits per heavy atom. The molecule has 0 radical (unpaired) electrons. The number of ether oxygens (including phenoxy) is 1. The van der Waals surface area contributed by atoms with Gasteiger partial charge in [0.25, 0.3) is 0 Å². The zero-order valence-corrected chi connectivity index (χ0v) is 15.5. The van der Waals surface area contributed by atoms with Crippen LogP contribution in [0, 0.1) is 23.7 Å². The van der Waals surface area contributed by atoms with Crippen molar-refractivity contribution in [3.63, 3.8) is 0 Å². The largest absolute Gasteiger partial charge is 0.457 e. The first-order chi connectivity index (χ1) is 9.97. The van der Waals surface area contributed by atoms with Crippen molar-refractivity contribution < 1.29 is 9.53 Å². The van der Waals surface area contributed by atoms with Gasteiger partial charge in [-0.25, -0.2) is 0 Å². The molecule has 0 saturated carbocycles. The van der Waals surface area contributed by atoms with Crippen molar-refractivity contribution in [2.45, 2.75) is 67.9 Å². The predicted molar refractivity (Wildman–Crippen MR) is 92.7 cm³/mol. The van der Waals surface area contributed by atoms with E-state index < -0.39 is 5.41 Å². The van der Waals surface area contributed by atoms with Crippen molar-refractivity contribution in [3.8, 4) is 0 Å². The third-order valence-electron chi connectivity index (χ3n) is 4.75. The highest BCUT2D eigenvalue weighted by molar-refractivity contribution is 5.77. The van der Waals surface area contributed by atoms with Gasteiger partial charge in [0.05, 0.1) is 5.41 Å². The number of hydrogen-bond acceptors (Lipinski definition) is 2. The average molecular weight is 304 g/mol. The Hall–Kier alpha value is -1.31. The van der Waals surface area contributed by atoms with Crippen LogP contribution in [0.5, 0.6) is 0 Å². The van der Waals surface area contributed by atoms with Crippen LogP contribution in [0.3, 0.4) is 0 Å². The van der Waals surface area contributed by atoms with Gasteiger partial charge in [-0.05, 0) is 44.1 Å². The summed E-state index contributed by atoms with van der Waals surface area (Å²) < 4.78 is 5.83. The standard InChI is InChI=1S/C20H32O2/c1-14(2)13-20(8,19(5,6)7)18(21)22-16(4)17-11-9-15(3)10-12-17/h9-12,14,16H,13H2,1-8H3. The molecule has 22 heavy (non-hydrogen) atoms. The molecule has 1 aromatic rings. The predicted octanol–water partition coefficient (Wildman–Crippen LogP) is 5.70. The lowest BCUT2D eigenvalue weighted by Crippen LogP contribution is -2.43. The summed E-state index contributed by atoms with van der Waals surface area (Å²) >= 11 is 0. The van der Waals surface area contributed by atoms with Gasteiger partial charge in [0.1, 0.15) is 6.10 Å². The van der Waals surface area contributed by atoms with Crippen LogP contribution in [0.2, 0.25) is 0 Å². The quantitative estimate of drug-likeness (QED) is 0.652. The van der Waals surface area contributed by atoms with Crippen molar-refractivity contribution in [3.05, 3.63) is 35.4 Å². The summed E-state index contributed by atoms with van der Waals surface area (Å²) in [5.74, 6) is 0.355. The Kier molecular flexibility index (Phi) is 5.83. The van der Waals surface area contributed by atoms with Crippen LogP contribution >= 0.6 is 0 Å². The van der Waals surface area contributed by atoms with E-state index in [1.54, 1.807) is 0 Å². The lowest BCUT2D eigenvalue weighted by molar-refractivity contribution is -0.168. The SMILES string of the molecule is Cc1ccc(C(C)OC(=O)C(C)(CC(C)C)C(C)(C)C)cc1. The van der Waals surface area contributed by atoms with Crippen molar-refractivity contribution in [1.82, 2.24) is 0 Å². The molecule has 124 valence electrons. The molecule has 0 heterocycles. The molecule has 0 N–H and O–H groups in total. The normalized spacial score (nSPS) is 16.2. The van der Waals surface area contributed by atoms with E-state index in [2.05, 4.69) is 53.7 Å². The molecule has 2 heteroatoms. The van der Waals surface area contributed by atoms with Crippen molar-refractivity contribution in [1.29, 1.82) is 0 Å². The second kappa shape index (κ2) is 6.85. The Bertz CT molecular complexity index is 493. The molecule has 0 aliphatic rings. The molecule has 2 atom stereocenters. The maximum atomic E-state index is 12.9. The van der Waals surface area contributed by atoms with Crippen LogP contribution in [0.25, 0.3) is 0 Å². The van der Waals surface area contributed by atoms with E-state index in [1.807, 2.05) is 26.0 Å². The number of rotatable bonds is 5. The monoisotopic (exact) mass is 304 g/mol. The van der Waals surface area contributed by atoms with E-state index in [4.69, 9.17) is 4.74 Å². The van der Waals surface area contributed by atoms with Gasteiger partial charge in [0, 0.05) is 0 Å². The van der Waals surface area contributed by atoms with Crippen LogP contribution in [-0.4, -0.2) is 5.97 Å². The summed E-state index contributed by atoms with van der Waals surface area (Å²) in [7, 11) is 0. The van der Waals surface area contributed by atoms with Gasteiger partial charge in [0.15, 0.2) is 0 Å². The number of carbonyl (C=O) groups excluding carboxylic acids is 1. The van der Waals surface area contributed by atoms with Gasteiger partial charge in [-0.15, -0.1) is 0 Å². The summed E-state index contributed by atoms with van der Waals surface area (Å²) in [6.45, 7) is 16.7. The molecular weight excluding hydrogens is 272 g/mol. The molecule has 2 nitrogen and oxygen atoms in total. The maximum absolute atomic E-state index is 12.9. The van der Waals surface area contributed by atoms with Gasteiger partial charge in [-0.1, -0.05) is 64.4 Å². The van der Waals surface area contributed by atoms with Gasteiger partial charge in [0.2, 0.25) is 0 Å². The second-order valence-electron chi connectivity index (χ2n) is 8.14. The molecule has 0 aliphatic heterocycles. The Morgan fingerprint density at radius 1 is 1.05 bits per heavy atom. The highest BCUT2D eigenvalue weighted by Crippen LogP contribution is 2.45. The summed E-state index contributed by atoms with van der Waals surface area (Å²) in [4.78, 5) is 12.9. The number of esters is 1. The molecule has 0 amide bonds. The molecule has 1 rings (SSSR count). The molecule has 2 unspecified atom stereocenters. The first-order valence-corrected chi connectivity index (χ1v) is 8.25. The average Bonchev–Trinajstić information content (AvgIpc) is 2.37. The molecule has 0 spiro atoms. The lowest BCUT2D eigenvalue weighted by atomic mass is 9.64. The van der Waals surface area contributed by atoms with Crippen LogP contribution in [0.4, 0.5) is 0 Å². The Balaban J connectivity index is 2.94. The minimum Gasteiger partial charge on any atom is -0.457 e. The summed E-state index contributed by atoms with van der Waals surface area (Å²) in [6, 6.07) is 8.17. The van der Waals surface area contributed by atoms with E-state index >= 15 is 0 Å². The fourth-order valence-corrected chi connectivity index (χ4v) is 2.71. The fraction of sp³-hybridized carbons (Fsp3) is 0.650. The van der Waals surface area contributed by atoms with Gasteiger partial charge in [-0.2, -0.15) is 0 Å². The second-order valence-corrected chi connectivity index (χ2v) is 8.14. The maximum Gasteiger partial charge on any atom is 0.312 e. The van der Waals surface area contributed by atoms with E-state index in [1.165, 1.54) is 5.56 Å². The third kappa shape index (κ3) is 4.34. The van der Waals surface area contributed by atoms with E-state index in [-0.39, 0.29) is 17.5 Å². The van der Waals surface area contributed by atoms with Crippen molar-refractivity contribution in [2.24, 2.45) is 16.7 Å². The number of carbonyl (C=O) groups is 1. The molecule has 0 fully saturated rings. The van der Waals surface area contributed by atoms with E-state index in [0.717, 1.165) is 12.0 Å². The van der Waals surface area contributed by atoms with Gasteiger partial charge < -0.3 is 4.74 Å². The van der Waals surface area contributed by atoms with Crippen LogP contribution in [0.1, 0.15) is 72.1 Å². The Morgan fingerprint density at radius 3 is 1.95 bits per heavy atom. The zero-order chi connectivity index (χ0) is 17.1. The van der Waals surface area contributed by atoms with Crippen LogP contribution in [-0.2, 0) is 9.53 Å². The summed E-state index contributed by atoms with van der Waals surface area (Å²) in [6.07, 6.45) is 0.609. The van der Waals surface area contributed by atoms with Crippen LogP contribution < -0.4 is 0 Å².